The molecule has 0 aliphatic carbocycles. The van der Waals surface area contributed by atoms with Crippen molar-refractivity contribution in [3.63, 3.8) is 0 Å². The first kappa shape index (κ1) is 17.8. The number of carbonyl (C=O) groups excluding carboxylic acids is 1. The summed E-state index contributed by atoms with van der Waals surface area (Å²) < 4.78 is 0. The number of nitrogens with one attached hydrogen (secondary N) is 1. The number of aliphatic hydroxyl groups is 5. The topological polar surface area (TPSA) is 130 Å². The molecule has 0 spiro atoms. The van der Waals surface area contributed by atoms with E-state index in [1.807, 2.05) is 13.7 Å². The molecule has 0 saturated carbocycles. The minimum absolute atomic E-state index is 0.118. The van der Waals surface area contributed by atoms with Gasteiger partial charge in [-0.15, -0.1) is 0 Å². The highest BCUT2D eigenvalue weighted by Gasteiger charge is 2.29. The van der Waals surface area contributed by atoms with Crippen molar-refractivity contribution in [2.75, 3.05) is 19.7 Å². The molecule has 0 heterocycles. The summed E-state index contributed by atoms with van der Waals surface area (Å²) in [5.41, 5.74) is 0. The number of likely N-dealkylation sites (N-methyl/N-ethyl adjacent to an activating group) is 1. The second-order valence-electron chi connectivity index (χ2n) is 3.11. The van der Waals surface area contributed by atoms with Crippen LogP contribution >= 0.6 is 0 Å². The molecule has 16 heavy (non-hydrogen) atoms. The van der Waals surface area contributed by atoms with Gasteiger partial charge in [-0.25, -0.2) is 0 Å². The molecule has 0 saturated heterocycles. The molecular formula is C9H21NO6. The van der Waals surface area contributed by atoms with E-state index in [0.717, 1.165) is 0 Å². The van der Waals surface area contributed by atoms with E-state index in [2.05, 4.69) is 5.32 Å². The van der Waals surface area contributed by atoms with Crippen molar-refractivity contribution in [1.29, 1.82) is 0 Å². The van der Waals surface area contributed by atoms with Crippen molar-refractivity contribution < 1.29 is 30.3 Å². The van der Waals surface area contributed by atoms with Gasteiger partial charge in [-0.05, 0) is 6.54 Å². The molecule has 0 unspecified atom stereocenters. The maximum atomic E-state index is 9.30. The average molecular weight is 239 g/mol. The summed E-state index contributed by atoms with van der Waals surface area (Å²) in [6, 6.07) is 0. The van der Waals surface area contributed by atoms with Gasteiger partial charge in [0.05, 0.1) is 12.7 Å². The van der Waals surface area contributed by atoms with Crippen molar-refractivity contribution in [3.8, 4) is 0 Å². The minimum Gasteiger partial charge on any atom is -0.394 e. The van der Waals surface area contributed by atoms with E-state index in [4.69, 9.17) is 15.0 Å². The van der Waals surface area contributed by atoms with Gasteiger partial charge in [0.2, 0.25) is 0 Å². The summed E-state index contributed by atoms with van der Waals surface area (Å²) in [7, 11) is 0. The molecule has 0 radical (unpaired) electrons. The lowest BCUT2D eigenvalue weighted by Crippen LogP contribution is -2.49. The highest BCUT2D eigenvalue weighted by molar-refractivity contribution is 5.10. The van der Waals surface area contributed by atoms with E-state index in [1.54, 1.807) is 0 Å². The van der Waals surface area contributed by atoms with Crippen molar-refractivity contribution >= 4 is 6.79 Å². The van der Waals surface area contributed by atoms with Gasteiger partial charge in [0, 0.05) is 6.54 Å². The molecule has 7 nitrogen and oxygen atoms in total. The Morgan fingerprint density at radius 3 is 1.88 bits per heavy atom. The number of carbonyl (C=O) groups is 1. The molecule has 0 aromatic heterocycles. The van der Waals surface area contributed by atoms with Crippen LogP contribution in [0.25, 0.3) is 0 Å². The number of rotatable bonds is 7. The molecule has 0 fully saturated rings. The van der Waals surface area contributed by atoms with Gasteiger partial charge in [-0.2, -0.15) is 0 Å². The van der Waals surface area contributed by atoms with Crippen LogP contribution in [0.2, 0.25) is 0 Å². The highest BCUT2D eigenvalue weighted by Crippen LogP contribution is 2.04. The van der Waals surface area contributed by atoms with Crippen molar-refractivity contribution in [1.82, 2.24) is 5.32 Å². The van der Waals surface area contributed by atoms with E-state index in [9.17, 15) is 15.3 Å². The van der Waals surface area contributed by atoms with Gasteiger partial charge >= 0.3 is 0 Å². The SMILES string of the molecule is C=O.CCNC[C@H](O)[C@@H](O)[C@H](O)[C@H](O)CO. The van der Waals surface area contributed by atoms with Gasteiger partial charge in [-0.3, -0.25) is 0 Å². The third kappa shape index (κ3) is 6.83. The highest BCUT2D eigenvalue weighted by atomic mass is 16.4. The van der Waals surface area contributed by atoms with Crippen LogP contribution in [0.4, 0.5) is 0 Å². The zero-order valence-electron chi connectivity index (χ0n) is 9.28. The first-order chi connectivity index (χ1) is 7.54. The summed E-state index contributed by atoms with van der Waals surface area (Å²) in [6.45, 7) is 3.92. The second kappa shape index (κ2) is 10.9. The fourth-order valence-electron chi connectivity index (χ4n) is 0.976. The van der Waals surface area contributed by atoms with Crippen molar-refractivity contribution in [2.24, 2.45) is 0 Å². The molecule has 0 bridgehead atoms. The average Bonchev–Trinajstić information content (AvgIpc) is 2.35. The molecule has 0 aliphatic heterocycles. The van der Waals surface area contributed by atoms with Crippen molar-refractivity contribution in [2.45, 2.75) is 31.3 Å². The summed E-state index contributed by atoms with van der Waals surface area (Å²) in [5.74, 6) is 0. The van der Waals surface area contributed by atoms with Gasteiger partial charge in [0.1, 0.15) is 25.1 Å². The molecule has 4 atom stereocenters. The van der Waals surface area contributed by atoms with Crippen LogP contribution in [0.15, 0.2) is 0 Å². The molecule has 0 aliphatic rings. The van der Waals surface area contributed by atoms with E-state index in [-0.39, 0.29) is 6.54 Å². The van der Waals surface area contributed by atoms with Gasteiger partial charge in [0.25, 0.3) is 0 Å². The lowest BCUT2D eigenvalue weighted by molar-refractivity contribution is -0.113. The maximum absolute atomic E-state index is 9.30. The van der Waals surface area contributed by atoms with Crippen LogP contribution in [0.3, 0.4) is 0 Å². The summed E-state index contributed by atoms with van der Waals surface area (Å²) in [5, 5.41) is 48.1. The van der Waals surface area contributed by atoms with Crippen LogP contribution in [0.1, 0.15) is 6.92 Å². The van der Waals surface area contributed by atoms with Gasteiger partial charge < -0.3 is 35.6 Å². The minimum atomic E-state index is -1.55. The molecule has 0 aromatic carbocycles. The van der Waals surface area contributed by atoms with E-state index >= 15 is 0 Å². The van der Waals surface area contributed by atoms with Gasteiger partial charge in [0.15, 0.2) is 0 Å². The lowest BCUT2D eigenvalue weighted by Gasteiger charge is -2.25. The molecule has 0 rings (SSSR count). The van der Waals surface area contributed by atoms with E-state index in [0.29, 0.717) is 6.54 Å². The van der Waals surface area contributed by atoms with E-state index in [1.165, 1.54) is 0 Å². The molecular weight excluding hydrogens is 218 g/mol. The predicted molar refractivity (Wildman–Crippen MR) is 56.8 cm³/mol. The lowest BCUT2D eigenvalue weighted by atomic mass is 10.0. The fourth-order valence-corrected chi connectivity index (χ4v) is 0.976. The third-order valence-electron chi connectivity index (χ3n) is 1.93. The van der Waals surface area contributed by atoms with Crippen LogP contribution in [-0.2, 0) is 4.79 Å². The summed E-state index contributed by atoms with van der Waals surface area (Å²) >= 11 is 0. The summed E-state index contributed by atoms with van der Waals surface area (Å²) in [4.78, 5) is 8.00. The first-order valence-electron chi connectivity index (χ1n) is 4.87. The largest absolute Gasteiger partial charge is 0.394 e. The second-order valence-corrected chi connectivity index (χ2v) is 3.11. The Balaban J connectivity index is 0. The van der Waals surface area contributed by atoms with Crippen LogP contribution < -0.4 is 5.32 Å². The Morgan fingerprint density at radius 2 is 1.50 bits per heavy atom. The predicted octanol–water partition coefficient (Wildman–Crippen LogP) is -3.15. The molecule has 0 amide bonds. The maximum Gasteiger partial charge on any atom is 0.111 e. The van der Waals surface area contributed by atoms with E-state index < -0.39 is 31.0 Å². The fraction of sp³-hybridized carbons (Fsp3) is 0.889. The smallest absolute Gasteiger partial charge is 0.111 e. The third-order valence-corrected chi connectivity index (χ3v) is 1.93. The monoisotopic (exact) mass is 239 g/mol. The molecule has 98 valence electrons. The number of aliphatic hydroxyl groups excluding tert-OH is 5. The quantitative estimate of drug-likeness (QED) is 0.276. The molecule has 6 N–H and O–H groups in total. The number of hydrogen-bond acceptors (Lipinski definition) is 7. The Bertz CT molecular complexity index is 159. The standard InChI is InChI=1S/C8H19NO5.CH2O/c1-2-9-3-5(11)7(13)8(14)6(12)4-10;1-2/h5-14H,2-4H2,1H3;1H2/t5-,6+,7+,8+;/m0./s1. The van der Waals surface area contributed by atoms with Crippen molar-refractivity contribution in [3.05, 3.63) is 0 Å². The number of hydrogen-bond donors (Lipinski definition) is 6. The molecule has 7 heteroatoms. The first-order valence-corrected chi connectivity index (χ1v) is 4.87. The zero-order valence-corrected chi connectivity index (χ0v) is 9.28. The summed E-state index contributed by atoms with van der Waals surface area (Å²) in [6.07, 6.45) is -5.64. The van der Waals surface area contributed by atoms with Crippen LogP contribution in [0.5, 0.6) is 0 Å². The van der Waals surface area contributed by atoms with Crippen LogP contribution in [0, 0.1) is 0 Å². The zero-order chi connectivity index (χ0) is 13.1. The Labute approximate surface area is 94.3 Å². The van der Waals surface area contributed by atoms with Gasteiger partial charge in [-0.1, -0.05) is 6.92 Å². The Morgan fingerprint density at radius 1 is 1.06 bits per heavy atom. The Kier molecular flexibility index (Phi) is 12.2. The Hall–Kier alpha value is -0.570. The van der Waals surface area contributed by atoms with Crippen LogP contribution in [-0.4, -0.2) is 76.4 Å². The molecule has 0 aromatic rings. The normalized spacial score (nSPS) is 17.9.